The van der Waals surface area contributed by atoms with E-state index >= 15 is 0 Å². The van der Waals surface area contributed by atoms with Gasteiger partial charge < -0.3 is 31.8 Å². The first kappa shape index (κ1) is 33.8. The van der Waals surface area contributed by atoms with E-state index in [9.17, 15) is 19.5 Å². The number of nitrogens with zero attached hydrogens (tertiary/aromatic N) is 1. The monoisotopic (exact) mass is 622 g/mol. The van der Waals surface area contributed by atoms with Crippen LogP contribution in [0.25, 0.3) is 17.2 Å². The molecule has 0 saturated carbocycles. The van der Waals surface area contributed by atoms with Gasteiger partial charge in [-0.15, -0.1) is 0 Å². The van der Waals surface area contributed by atoms with Gasteiger partial charge in [-0.1, -0.05) is 98.8 Å². The van der Waals surface area contributed by atoms with E-state index in [1.165, 1.54) is 12.4 Å². The molecule has 46 heavy (non-hydrogen) atoms. The molecule has 0 unspecified atom stereocenters. The Labute approximate surface area is 269 Å². The lowest BCUT2D eigenvalue weighted by molar-refractivity contribution is -0.129. The van der Waals surface area contributed by atoms with E-state index in [2.05, 4.69) is 25.9 Å². The lowest BCUT2D eigenvalue weighted by Crippen LogP contribution is -2.57. The number of primary amides is 1. The molecule has 0 saturated heterocycles. The summed E-state index contributed by atoms with van der Waals surface area (Å²) in [6.45, 7) is 3.66. The van der Waals surface area contributed by atoms with Crippen molar-refractivity contribution in [3.8, 4) is 11.1 Å². The van der Waals surface area contributed by atoms with Crippen LogP contribution in [0.2, 0.25) is 0 Å². The maximum absolute atomic E-state index is 13.5. The molecular weight excluding hydrogens is 580 g/mol. The second kappa shape index (κ2) is 16.9. The van der Waals surface area contributed by atoms with E-state index in [4.69, 9.17) is 5.73 Å². The summed E-state index contributed by atoms with van der Waals surface area (Å²) in [5.41, 5.74) is 10.4. The molecule has 4 atom stereocenters. The van der Waals surface area contributed by atoms with Gasteiger partial charge in [0.05, 0.1) is 36.4 Å². The highest BCUT2D eigenvalue weighted by Gasteiger charge is 2.29. The summed E-state index contributed by atoms with van der Waals surface area (Å²) in [5, 5.41) is 20.1. The molecule has 0 radical (unpaired) electrons. The largest absolute Gasteiger partial charge is 0.390 e. The van der Waals surface area contributed by atoms with Gasteiger partial charge in [-0.25, -0.2) is 4.98 Å². The van der Waals surface area contributed by atoms with E-state index in [0.717, 1.165) is 22.3 Å². The summed E-state index contributed by atoms with van der Waals surface area (Å²) in [4.78, 5) is 45.3. The number of amides is 3. The van der Waals surface area contributed by atoms with E-state index < -0.39 is 42.0 Å². The van der Waals surface area contributed by atoms with Crippen LogP contribution in [0.15, 0.2) is 104 Å². The minimum atomic E-state index is -1.07. The fourth-order valence-electron chi connectivity index (χ4n) is 5.06. The van der Waals surface area contributed by atoms with Crippen LogP contribution in [-0.2, 0) is 27.2 Å². The molecule has 0 aliphatic carbocycles. The number of carbonyl (C=O) groups is 3. The van der Waals surface area contributed by atoms with E-state index in [1.807, 2.05) is 98.8 Å². The Kier molecular flexibility index (Phi) is 12.4. The molecule has 1 heterocycles. The van der Waals surface area contributed by atoms with E-state index in [1.54, 1.807) is 12.3 Å². The van der Waals surface area contributed by atoms with Gasteiger partial charge in [0.15, 0.2) is 0 Å². The standard InChI is InChI=1S/C36H42N6O4/c1-24(2)34(42-33(44)18-17-29-21-38-23-40-29)36(46)41-30(19-25-9-5-3-6-10-25)32(43)22-39-31(35(37)45)20-26-13-15-28(16-14-26)27-11-7-4-8-12-27/h3-18,21,23-24,30-32,34,39,43H,19-20,22H2,1-2H3,(H2,37,45)(H,38,40)(H,41,46)(H,42,44)/b18-17+/t30-,31-,32-,34-/m0/s1. The van der Waals surface area contributed by atoms with Gasteiger partial charge in [0.1, 0.15) is 6.04 Å². The smallest absolute Gasteiger partial charge is 0.244 e. The number of rotatable bonds is 16. The molecule has 0 fully saturated rings. The van der Waals surface area contributed by atoms with Crippen LogP contribution in [0, 0.1) is 5.92 Å². The summed E-state index contributed by atoms with van der Waals surface area (Å²) >= 11 is 0. The molecule has 3 aromatic carbocycles. The van der Waals surface area contributed by atoms with Gasteiger partial charge in [-0.2, -0.15) is 0 Å². The molecule has 0 aliphatic heterocycles. The maximum atomic E-state index is 13.5. The molecule has 0 bridgehead atoms. The first-order valence-electron chi connectivity index (χ1n) is 15.4. The molecule has 3 amide bonds. The predicted octanol–water partition coefficient (Wildman–Crippen LogP) is 3.01. The van der Waals surface area contributed by atoms with Crippen LogP contribution in [-0.4, -0.2) is 63.6 Å². The lowest BCUT2D eigenvalue weighted by atomic mass is 9.97. The zero-order chi connectivity index (χ0) is 32.9. The molecule has 240 valence electrons. The minimum Gasteiger partial charge on any atom is -0.390 e. The number of aromatic amines is 1. The van der Waals surface area contributed by atoms with Crippen LogP contribution in [0.5, 0.6) is 0 Å². The van der Waals surface area contributed by atoms with E-state index in [-0.39, 0.29) is 12.5 Å². The van der Waals surface area contributed by atoms with Crippen LogP contribution in [0.3, 0.4) is 0 Å². The lowest BCUT2D eigenvalue weighted by Gasteiger charge is -2.29. The maximum Gasteiger partial charge on any atom is 0.244 e. The van der Waals surface area contributed by atoms with Gasteiger partial charge in [0, 0.05) is 12.6 Å². The van der Waals surface area contributed by atoms with Crippen LogP contribution in [0.1, 0.15) is 30.7 Å². The second-order valence-electron chi connectivity index (χ2n) is 11.6. The number of nitrogens with one attached hydrogen (secondary N) is 4. The van der Waals surface area contributed by atoms with Crippen molar-refractivity contribution in [1.82, 2.24) is 25.9 Å². The normalized spacial score (nSPS) is 14.0. The SMILES string of the molecule is CC(C)[C@H](NC(=O)/C=C/c1cnc[nH]1)C(=O)N[C@@H](Cc1ccccc1)[C@@H](O)CN[C@@H](Cc1ccc(-c2ccccc2)cc1)C(N)=O. The summed E-state index contributed by atoms with van der Waals surface area (Å²) in [6.07, 6.45) is 5.56. The number of hydrogen-bond acceptors (Lipinski definition) is 6. The Balaban J connectivity index is 1.41. The molecule has 1 aromatic heterocycles. The summed E-state index contributed by atoms with van der Waals surface area (Å²) in [7, 11) is 0. The van der Waals surface area contributed by atoms with Gasteiger partial charge in [0.2, 0.25) is 17.7 Å². The number of aliphatic hydroxyl groups excluding tert-OH is 1. The van der Waals surface area contributed by atoms with Crippen molar-refractivity contribution >= 4 is 23.8 Å². The quantitative estimate of drug-likeness (QED) is 0.105. The Morgan fingerprint density at radius 2 is 1.50 bits per heavy atom. The third-order valence-corrected chi connectivity index (χ3v) is 7.69. The zero-order valence-corrected chi connectivity index (χ0v) is 26.1. The first-order chi connectivity index (χ1) is 22.2. The Morgan fingerprint density at radius 1 is 0.870 bits per heavy atom. The number of aliphatic hydroxyl groups is 1. The molecule has 4 rings (SSSR count). The summed E-state index contributed by atoms with van der Waals surface area (Å²) in [5.74, 6) is -1.65. The first-order valence-corrected chi connectivity index (χ1v) is 15.4. The van der Waals surface area contributed by atoms with Crippen molar-refractivity contribution < 1.29 is 19.5 Å². The summed E-state index contributed by atoms with van der Waals surface area (Å²) < 4.78 is 0. The number of carbonyl (C=O) groups excluding carboxylic acids is 3. The van der Waals surface area contributed by atoms with Gasteiger partial charge >= 0.3 is 0 Å². The highest BCUT2D eigenvalue weighted by Crippen LogP contribution is 2.20. The van der Waals surface area contributed by atoms with Gasteiger partial charge in [0.25, 0.3) is 0 Å². The molecule has 10 heteroatoms. The molecule has 7 N–H and O–H groups in total. The minimum absolute atomic E-state index is 0.000882. The van der Waals surface area contributed by atoms with Crippen molar-refractivity contribution in [2.24, 2.45) is 11.7 Å². The Bertz CT molecular complexity index is 1560. The van der Waals surface area contributed by atoms with Crippen molar-refractivity contribution in [3.63, 3.8) is 0 Å². The number of aromatic nitrogens is 2. The topological polar surface area (TPSA) is 162 Å². The van der Waals surface area contributed by atoms with Crippen LogP contribution in [0.4, 0.5) is 0 Å². The Hall–Kier alpha value is -5.06. The number of imidazole rings is 1. The molecule has 4 aromatic rings. The fraction of sp³-hybridized carbons (Fsp3) is 0.278. The Morgan fingerprint density at radius 3 is 2.11 bits per heavy atom. The summed E-state index contributed by atoms with van der Waals surface area (Å²) in [6, 6.07) is 25.1. The van der Waals surface area contributed by atoms with Crippen LogP contribution < -0.4 is 21.7 Å². The highest BCUT2D eigenvalue weighted by atomic mass is 16.3. The average Bonchev–Trinajstić information content (AvgIpc) is 3.59. The second-order valence-corrected chi connectivity index (χ2v) is 11.6. The van der Waals surface area contributed by atoms with Gasteiger partial charge in [-0.3, -0.25) is 14.4 Å². The third-order valence-electron chi connectivity index (χ3n) is 7.69. The number of hydrogen-bond donors (Lipinski definition) is 6. The number of H-pyrrole nitrogens is 1. The number of benzene rings is 3. The molecular formula is C36H42N6O4. The van der Waals surface area contributed by atoms with E-state index in [0.29, 0.717) is 18.5 Å². The molecule has 10 nitrogen and oxygen atoms in total. The van der Waals surface area contributed by atoms with Crippen molar-refractivity contribution in [1.29, 1.82) is 0 Å². The molecule has 0 spiro atoms. The average molecular weight is 623 g/mol. The fourth-order valence-corrected chi connectivity index (χ4v) is 5.06. The van der Waals surface area contributed by atoms with Crippen molar-refractivity contribution in [3.05, 3.63) is 120 Å². The molecule has 0 aliphatic rings. The zero-order valence-electron chi connectivity index (χ0n) is 26.1. The van der Waals surface area contributed by atoms with Crippen LogP contribution >= 0.6 is 0 Å². The van der Waals surface area contributed by atoms with Crippen molar-refractivity contribution in [2.75, 3.05) is 6.54 Å². The van der Waals surface area contributed by atoms with Gasteiger partial charge in [-0.05, 0) is 47.1 Å². The predicted molar refractivity (Wildman–Crippen MR) is 179 cm³/mol. The number of nitrogens with two attached hydrogens (primary N) is 1. The van der Waals surface area contributed by atoms with Crippen molar-refractivity contribution in [2.45, 2.75) is 50.9 Å². The highest BCUT2D eigenvalue weighted by molar-refractivity contribution is 5.95. The third kappa shape index (κ3) is 10.3.